The van der Waals surface area contributed by atoms with Crippen LogP contribution >= 0.6 is 11.6 Å². The molecule has 6 nitrogen and oxygen atoms in total. The highest BCUT2D eigenvalue weighted by Gasteiger charge is 2.18. The third-order valence-corrected chi connectivity index (χ3v) is 5.59. The molecule has 0 aliphatic rings. The zero-order valence-electron chi connectivity index (χ0n) is 17.6. The predicted molar refractivity (Wildman–Crippen MR) is 121 cm³/mol. The maximum Gasteiger partial charge on any atom is 0.257 e. The molecule has 0 spiro atoms. The van der Waals surface area contributed by atoms with Crippen LogP contribution in [0.15, 0.2) is 54.7 Å². The normalized spacial score (nSPS) is 11.0. The van der Waals surface area contributed by atoms with Gasteiger partial charge in [-0.25, -0.2) is 9.50 Å². The Labute approximate surface area is 185 Å². The molecule has 0 saturated carbocycles. The SMILES string of the molecule is COc1cccc(CNC(=O)c2cnn3c(C)c(Cc4ccc(Cl)cc4)c(C)nc23)c1. The Morgan fingerprint density at radius 3 is 2.65 bits per heavy atom. The summed E-state index contributed by atoms with van der Waals surface area (Å²) >= 11 is 6.00. The van der Waals surface area contributed by atoms with E-state index in [9.17, 15) is 4.79 Å². The van der Waals surface area contributed by atoms with Crippen molar-refractivity contribution in [1.29, 1.82) is 0 Å². The van der Waals surface area contributed by atoms with Gasteiger partial charge in [-0.2, -0.15) is 5.10 Å². The highest BCUT2D eigenvalue weighted by atomic mass is 35.5. The molecule has 0 aliphatic carbocycles. The summed E-state index contributed by atoms with van der Waals surface area (Å²) < 4.78 is 6.97. The molecule has 1 N–H and O–H groups in total. The number of nitrogens with one attached hydrogen (secondary N) is 1. The summed E-state index contributed by atoms with van der Waals surface area (Å²) in [6.45, 7) is 4.35. The molecule has 2 aromatic carbocycles. The van der Waals surface area contributed by atoms with Crippen LogP contribution in [-0.4, -0.2) is 27.6 Å². The largest absolute Gasteiger partial charge is 0.497 e. The smallest absolute Gasteiger partial charge is 0.257 e. The Balaban J connectivity index is 1.58. The van der Waals surface area contributed by atoms with Crippen molar-refractivity contribution >= 4 is 23.2 Å². The van der Waals surface area contributed by atoms with Crippen molar-refractivity contribution in [3.05, 3.63) is 93.4 Å². The fourth-order valence-corrected chi connectivity index (χ4v) is 3.72. The van der Waals surface area contributed by atoms with Crippen molar-refractivity contribution in [2.24, 2.45) is 0 Å². The monoisotopic (exact) mass is 434 g/mol. The van der Waals surface area contributed by atoms with E-state index in [-0.39, 0.29) is 5.91 Å². The van der Waals surface area contributed by atoms with Crippen molar-refractivity contribution in [2.75, 3.05) is 7.11 Å². The third-order valence-electron chi connectivity index (χ3n) is 5.33. The van der Waals surface area contributed by atoms with Crippen LogP contribution in [-0.2, 0) is 13.0 Å². The Kier molecular flexibility index (Phi) is 5.91. The van der Waals surface area contributed by atoms with E-state index >= 15 is 0 Å². The number of aryl methyl sites for hydroxylation is 2. The van der Waals surface area contributed by atoms with Crippen LogP contribution in [0.3, 0.4) is 0 Å². The minimum absolute atomic E-state index is 0.213. The maximum absolute atomic E-state index is 12.8. The van der Waals surface area contributed by atoms with E-state index in [0.29, 0.717) is 22.8 Å². The van der Waals surface area contributed by atoms with E-state index in [0.717, 1.165) is 40.2 Å². The predicted octanol–water partition coefficient (Wildman–Crippen LogP) is 4.53. The van der Waals surface area contributed by atoms with Crippen molar-refractivity contribution in [1.82, 2.24) is 19.9 Å². The first-order chi connectivity index (χ1) is 15.0. The van der Waals surface area contributed by atoms with E-state index in [1.165, 1.54) is 0 Å². The zero-order chi connectivity index (χ0) is 22.0. The van der Waals surface area contributed by atoms with Gasteiger partial charge in [0.2, 0.25) is 0 Å². The number of carbonyl (C=O) groups excluding carboxylic acids is 1. The fourth-order valence-electron chi connectivity index (χ4n) is 3.59. The second-order valence-corrected chi connectivity index (χ2v) is 7.83. The van der Waals surface area contributed by atoms with E-state index in [1.807, 2.05) is 62.4 Å². The lowest BCUT2D eigenvalue weighted by molar-refractivity contribution is 0.0952. The highest BCUT2D eigenvalue weighted by molar-refractivity contribution is 6.30. The van der Waals surface area contributed by atoms with Crippen LogP contribution in [0.25, 0.3) is 5.65 Å². The lowest BCUT2D eigenvalue weighted by atomic mass is 10.0. The maximum atomic E-state index is 12.8. The molecule has 2 heterocycles. The molecule has 0 aliphatic heterocycles. The standard InChI is InChI=1S/C24H23ClN4O2/c1-15-21(12-17-7-9-19(25)10-8-17)16(2)29-23(28-15)22(14-27-29)24(30)26-13-18-5-4-6-20(11-18)31-3/h4-11,14H,12-13H2,1-3H3,(H,26,30). The molecule has 0 fully saturated rings. The Bertz CT molecular complexity index is 1250. The van der Waals surface area contributed by atoms with Gasteiger partial charge in [0.05, 0.1) is 13.3 Å². The topological polar surface area (TPSA) is 68.5 Å². The molecule has 7 heteroatoms. The Morgan fingerprint density at radius 1 is 1.13 bits per heavy atom. The number of ether oxygens (including phenoxy) is 1. The molecular formula is C24H23ClN4O2. The van der Waals surface area contributed by atoms with Crippen LogP contribution in [0, 0.1) is 13.8 Å². The molecule has 0 bridgehead atoms. The number of hydrogen-bond donors (Lipinski definition) is 1. The molecule has 158 valence electrons. The van der Waals surface area contributed by atoms with Gasteiger partial charge in [-0.05, 0) is 54.8 Å². The van der Waals surface area contributed by atoms with Gasteiger partial charge in [0.15, 0.2) is 5.65 Å². The molecule has 31 heavy (non-hydrogen) atoms. The molecule has 1 amide bonds. The number of halogens is 1. The Hall–Kier alpha value is -3.38. The molecule has 0 unspecified atom stereocenters. The third kappa shape index (κ3) is 4.39. The second kappa shape index (κ2) is 8.78. The quantitative estimate of drug-likeness (QED) is 0.484. The average molecular weight is 435 g/mol. The molecular weight excluding hydrogens is 412 g/mol. The van der Waals surface area contributed by atoms with Crippen LogP contribution in [0.4, 0.5) is 0 Å². The first-order valence-electron chi connectivity index (χ1n) is 9.95. The molecule has 0 saturated heterocycles. The molecule has 2 aromatic heterocycles. The van der Waals surface area contributed by atoms with E-state index in [4.69, 9.17) is 21.3 Å². The van der Waals surface area contributed by atoms with Crippen LogP contribution in [0.2, 0.25) is 5.02 Å². The first kappa shape index (κ1) is 20.9. The summed E-state index contributed by atoms with van der Waals surface area (Å²) in [5, 5.41) is 8.09. The number of fused-ring (bicyclic) bond motifs is 1. The van der Waals surface area contributed by atoms with Crippen molar-refractivity contribution in [2.45, 2.75) is 26.8 Å². The minimum atomic E-state index is -0.213. The van der Waals surface area contributed by atoms with Crippen molar-refractivity contribution in [3.8, 4) is 5.75 Å². The van der Waals surface area contributed by atoms with Crippen LogP contribution in [0.1, 0.15) is 38.4 Å². The zero-order valence-corrected chi connectivity index (χ0v) is 18.4. The summed E-state index contributed by atoms with van der Waals surface area (Å²) in [6, 6.07) is 15.4. The van der Waals surface area contributed by atoms with Crippen LogP contribution in [0.5, 0.6) is 5.75 Å². The van der Waals surface area contributed by atoms with Crippen LogP contribution < -0.4 is 10.1 Å². The highest BCUT2D eigenvalue weighted by Crippen LogP contribution is 2.21. The number of aromatic nitrogens is 3. The minimum Gasteiger partial charge on any atom is -0.497 e. The average Bonchev–Trinajstić information content (AvgIpc) is 3.20. The Morgan fingerprint density at radius 2 is 1.90 bits per heavy atom. The molecule has 4 aromatic rings. The number of hydrogen-bond acceptors (Lipinski definition) is 4. The molecule has 4 rings (SSSR count). The second-order valence-electron chi connectivity index (χ2n) is 7.39. The summed E-state index contributed by atoms with van der Waals surface area (Å²) in [5.41, 5.74) is 6.02. The van der Waals surface area contributed by atoms with Gasteiger partial charge in [0.25, 0.3) is 5.91 Å². The van der Waals surface area contributed by atoms with Gasteiger partial charge in [0, 0.05) is 29.4 Å². The number of methoxy groups -OCH3 is 1. The molecule has 0 atom stereocenters. The summed E-state index contributed by atoms with van der Waals surface area (Å²) in [7, 11) is 1.62. The van der Waals surface area contributed by atoms with E-state index < -0.39 is 0 Å². The number of rotatable bonds is 6. The van der Waals surface area contributed by atoms with Gasteiger partial charge >= 0.3 is 0 Å². The van der Waals surface area contributed by atoms with E-state index in [2.05, 4.69) is 10.4 Å². The number of benzene rings is 2. The first-order valence-corrected chi connectivity index (χ1v) is 10.3. The van der Waals surface area contributed by atoms with E-state index in [1.54, 1.807) is 17.8 Å². The number of carbonyl (C=O) groups is 1. The van der Waals surface area contributed by atoms with Gasteiger partial charge in [-0.3, -0.25) is 4.79 Å². The van der Waals surface area contributed by atoms with Gasteiger partial charge in [0.1, 0.15) is 11.3 Å². The summed E-state index contributed by atoms with van der Waals surface area (Å²) in [6.07, 6.45) is 2.29. The lowest BCUT2D eigenvalue weighted by Gasteiger charge is -2.12. The summed E-state index contributed by atoms with van der Waals surface area (Å²) in [5.74, 6) is 0.540. The molecule has 0 radical (unpaired) electrons. The van der Waals surface area contributed by atoms with Crippen molar-refractivity contribution in [3.63, 3.8) is 0 Å². The number of amides is 1. The fraction of sp³-hybridized carbons (Fsp3) is 0.208. The lowest BCUT2D eigenvalue weighted by Crippen LogP contribution is -2.23. The van der Waals surface area contributed by atoms with Gasteiger partial charge in [-0.15, -0.1) is 0 Å². The van der Waals surface area contributed by atoms with Gasteiger partial charge < -0.3 is 10.1 Å². The summed E-state index contributed by atoms with van der Waals surface area (Å²) in [4.78, 5) is 17.5. The van der Waals surface area contributed by atoms with Crippen molar-refractivity contribution < 1.29 is 9.53 Å². The number of nitrogens with zero attached hydrogens (tertiary/aromatic N) is 3. The van der Waals surface area contributed by atoms with Gasteiger partial charge in [-0.1, -0.05) is 35.9 Å².